The molecule has 0 rings (SSSR count). The molecule has 0 heterocycles. The van der Waals surface area contributed by atoms with Crippen molar-refractivity contribution in [3.63, 3.8) is 0 Å². The van der Waals surface area contributed by atoms with Gasteiger partial charge < -0.3 is 34.2 Å². The first-order chi connectivity index (χ1) is 20.4. The highest BCUT2D eigenvalue weighted by atomic mass is 28.5. The van der Waals surface area contributed by atoms with Crippen molar-refractivity contribution in [2.45, 2.75) is 142 Å². The molecule has 0 saturated heterocycles. The molecule has 0 radical (unpaired) electrons. The summed E-state index contributed by atoms with van der Waals surface area (Å²) in [4.78, 5) is 12.2. The second-order valence-electron chi connectivity index (χ2n) is 13.7. The summed E-state index contributed by atoms with van der Waals surface area (Å²) < 4.78 is 87.4. The van der Waals surface area contributed by atoms with Crippen molar-refractivity contribution < 1.29 is 52.1 Å². The summed E-state index contributed by atoms with van der Waals surface area (Å²) in [6.45, 7) is 27.0. The Kier molecular flexibility index (Phi) is 21.2. The van der Waals surface area contributed by atoms with Crippen molar-refractivity contribution in [1.29, 1.82) is 0 Å². The highest BCUT2D eigenvalue weighted by Gasteiger charge is 2.43. The predicted molar refractivity (Wildman–Crippen MR) is 195 cm³/mol. The Hall–Kier alpha value is 0.555. The molecule has 4 unspecified atom stereocenters. The molecule has 0 aliphatic rings. The molecule has 4 atom stereocenters. The first kappa shape index (κ1) is 45.6. The van der Waals surface area contributed by atoms with E-state index in [0.29, 0.717) is 18.9 Å². The van der Waals surface area contributed by atoms with Crippen LogP contribution in [0.15, 0.2) is 0 Å². The lowest BCUT2D eigenvalue weighted by atomic mass is 10.5. The third-order valence-corrected chi connectivity index (χ3v) is 34.3. The summed E-state index contributed by atoms with van der Waals surface area (Å²) in [5, 5.41) is 0. The molecule has 0 aliphatic heterocycles. The van der Waals surface area contributed by atoms with Gasteiger partial charge in [-0.25, -0.2) is 4.79 Å². The fourth-order valence-electron chi connectivity index (χ4n) is 5.23. The van der Waals surface area contributed by atoms with Crippen molar-refractivity contribution in [3.05, 3.63) is 0 Å². The van der Waals surface area contributed by atoms with Crippen LogP contribution in [0, 0.1) is 0 Å². The third kappa shape index (κ3) is 24.4. The van der Waals surface area contributed by atoms with Crippen molar-refractivity contribution in [3.8, 4) is 0 Å². The van der Waals surface area contributed by atoms with Crippen LogP contribution >= 0.6 is 0 Å². The zero-order chi connectivity index (χ0) is 35.1. The standard InChI is InChI=1S/C25H63F3O9Si8/c1-14-20-44(12,33-39(4)5)36-41(7)34-42(8,9)21-15-18-30-24(29)31-19-16-22-43(10,11)37-45(13,23-17-25(26,27)28)35-40(6)32-38(2)3/h38-41H,14-23H2,1-13H3. The summed E-state index contributed by atoms with van der Waals surface area (Å²) in [7, 11) is -16.3. The van der Waals surface area contributed by atoms with Crippen LogP contribution in [0.3, 0.4) is 0 Å². The van der Waals surface area contributed by atoms with Crippen molar-refractivity contribution in [1.82, 2.24) is 0 Å². The fraction of sp³-hybridized carbons (Fsp3) is 0.960. The number of alkyl halides is 3. The number of hydrogen-bond donors (Lipinski definition) is 0. The molecule has 0 fully saturated rings. The molecule has 0 saturated carbocycles. The number of ether oxygens (including phenoxy) is 2. The van der Waals surface area contributed by atoms with Gasteiger partial charge in [0.15, 0.2) is 34.7 Å². The lowest BCUT2D eigenvalue weighted by molar-refractivity contribution is -0.131. The van der Waals surface area contributed by atoms with E-state index < -0.39 is 89.2 Å². The van der Waals surface area contributed by atoms with Crippen molar-refractivity contribution in [2.24, 2.45) is 0 Å². The van der Waals surface area contributed by atoms with Gasteiger partial charge in [0.05, 0.1) is 13.2 Å². The maximum atomic E-state index is 13.1. The molecule has 0 aromatic heterocycles. The number of halogens is 3. The lowest BCUT2D eigenvalue weighted by Gasteiger charge is -2.38. The quantitative estimate of drug-likeness (QED) is 0.0558. The van der Waals surface area contributed by atoms with E-state index in [2.05, 4.69) is 46.2 Å². The average molecular weight is 789 g/mol. The van der Waals surface area contributed by atoms with E-state index in [9.17, 15) is 18.0 Å². The van der Waals surface area contributed by atoms with Crippen LogP contribution in [0.5, 0.6) is 0 Å². The maximum Gasteiger partial charge on any atom is 0.508 e. The van der Waals surface area contributed by atoms with E-state index in [1.54, 1.807) is 6.55 Å². The van der Waals surface area contributed by atoms with Crippen LogP contribution in [-0.2, 0) is 34.2 Å². The van der Waals surface area contributed by atoms with Crippen LogP contribution in [0.1, 0.15) is 32.6 Å². The minimum atomic E-state index is -4.28. The van der Waals surface area contributed by atoms with E-state index in [-0.39, 0.29) is 19.3 Å². The normalized spacial score (nSPS) is 17.2. The summed E-state index contributed by atoms with van der Waals surface area (Å²) in [5.74, 6) is 0. The van der Waals surface area contributed by atoms with Crippen molar-refractivity contribution >= 4 is 76.6 Å². The van der Waals surface area contributed by atoms with E-state index in [1.165, 1.54) is 0 Å². The largest absolute Gasteiger partial charge is 0.508 e. The van der Waals surface area contributed by atoms with Gasteiger partial charge in [0.1, 0.15) is 0 Å². The van der Waals surface area contributed by atoms with Gasteiger partial charge in [-0.3, -0.25) is 0 Å². The van der Waals surface area contributed by atoms with Crippen LogP contribution in [-0.4, -0.2) is 96.0 Å². The molecule has 0 spiro atoms. The summed E-state index contributed by atoms with van der Waals surface area (Å²) in [5.41, 5.74) is 0. The zero-order valence-electron chi connectivity index (χ0n) is 30.2. The minimum Gasteiger partial charge on any atom is -0.442 e. The van der Waals surface area contributed by atoms with Gasteiger partial charge in [-0.05, 0) is 116 Å². The molecular formula is C25H63F3O9Si8. The first-order valence-corrected chi connectivity index (χ1v) is 37.4. The summed E-state index contributed by atoms with van der Waals surface area (Å²) >= 11 is 0. The fourth-order valence-corrected chi connectivity index (χ4v) is 35.2. The summed E-state index contributed by atoms with van der Waals surface area (Å²) in [6, 6.07) is 2.24. The van der Waals surface area contributed by atoms with Crippen LogP contribution < -0.4 is 0 Å². The van der Waals surface area contributed by atoms with Gasteiger partial charge in [-0.15, -0.1) is 0 Å². The van der Waals surface area contributed by atoms with E-state index in [4.69, 9.17) is 34.2 Å². The van der Waals surface area contributed by atoms with E-state index >= 15 is 0 Å². The molecule has 0 bridgehead atoms. The molecule has 45 heavy (non-hydrogen) atoms. The molecule has 0 aromatic rings. The van der Waals surface area contributed by atoms with E-state index in [1.807, 2.05) is 32.7 Å². The number of rotatable bonds is 24. The van der Waals surface area contributed by atoms with Gasteiger partial charge in [-0.2, -0.15) is 13.2 Å². The van der Waals surface area contributed by atoms with Gasteiger partial charge in [0.25, 0.3) is 18.6 Å². The highest BCUT2D eigenvalue weighted by molar-refractivity contribution is 6.85. The number of carbonyl (C=O) groups is 1. The second kappa shape index (κ2) is 20.9. The van der Waals surface area contributed by atoms with Gasteiger partial charge in [0.2, 0.25) is 0 Å². The molecule has 0 aliphatic carbocycles. The third-order valence-electron chi connectivity index (χ3n) is 6.61. The smallest absolute Gasteiger partial charge is 0.442 e. The molecule has 270 valence electrons. The Bertz CT molecular complexity index is 846. The average Bonchev–Trinajstić information content (AvgIpc) is 2.81. The Morgan fingerprint density at radius 3 is 1.62 bits per heavy atom. The molecule has 0 aromatic carbocycles. The molecule has 0 amide bonds. The Morgan fingerprint density at radius 1 is 0.644 bits per heavy atom. The maximum absolute atomic E-state index is 13.1. The molecule has 20 heteroatoms. The van der Waals surface area contributed by atoms with Crippen LogP contribution in [0.2, 0.25) is 103 Å². The van der Waals surface area contributed by atoms with Crippen LogP contribution in [0.4, 0.5) is 18.0 Å². The number of carbonyl (C=O) groups excluding carboxylic acids is 1. The first-order valence-electron chi connectivity index (χ1n) is 16.3. The predicted octanol–water partition coefficient (Wildman–Crippen LogP) is 7.60. The zero-order valence-corrected chi connectivity index (χ0v) is 38.8. The van der Waals surface area contributed by atoms with Gasteiger partial charge in [-0.1, -0.05) is 13.3 Å². The molecule has 0 N–H and O–H groups in total. The monoisotopic (exact) mass is 788 g/mol. The Morgan fingerprint density at radius 2 is 1.16 bits per heavy atom. The SMILES string of the molecule is CCC[Si](C)(O[SiH](C)C)O[SiH](C)O[Si](C)(C)CCCOC(=O)OCCC[Si](C)(C)O[Si](C)(CCC(F)(F)F)O[SiH](C)O[SiH](C)C. The summed E-state index contributed by atoms with van der Waals surface area (Å²) in [6.07, 6.45) is -3.70. The van der Waals surface area contributed by atoms with Gasteiger partial charge >= 0.3 is 29.5 Å². The second-order valence-corrected chi connectivity index (χ2v) is 39.5. The minimum absolute atomic E-state index is 0.152. The highest BCUT2D eigenvalue weighted by Crippen LogP contribution is 2.31. The molecular weight excluding hydrogens is 726 g/mol. The van der Waals surface area contributed by atoms with Gasteiger partial charge in [0, 0.05) is 6.42 Å². The lowest BCUT2D eigenvalue weighted by Crippen LogP contribution is -2.52. The van der Waals surface area contributed by atoms with Crippen LogP contribution in [0.25, 0.3) is 0 Å². The topological polar surface area (TPSA) is 90.9 Å². The van der Waals surface area contributed by atoms with Crippen molar-refractivity contribution in [2.75, 3.05) is 13.2 Å². The Labute approximate surface area is 282 Å². The Balaban J connectivity index is 4.64. The van der Waals surface area contributed by atoms with E-state index in [0.717, 1.165) is 18.5 Å². The number of hydrogen-bond acceptors (Lipinski definition) is 9. The molecule has 9 nitrogen and oxygen atoms in total.